The molecule has 0 amide bonds. The Bertz CT molecular complexity index is 832. The Morgan fingerprint density at radius 2 is 2.08 bits per heavy atom. The number of hydrogen-bond donors (Lipinski definition) is 2. The largest absolute Gasteiger partial charge is 0.497 e. The van der Waals surface area contributed by atoms with Gasteiger partial charge in [-0.05, 0) is 90.5 Å². The molecule has 1 aromatic rings. The fourth-order valence-corrected chi connectivity index (χ4v) is 6.22. The molecule has 2 fully saturated rings. The first kappa shape index (κ1) is 18.1. The van der Waals surface area contributed by atoms with Crippen molar-refractivity contribution >= 4 is 7.60 Å². The SMILES string of the molecule is COc1ccc2c(c1)CC[C@@H]1[C@@H]2CC[C@]2(C)C(=C=CP(=O)(O)O)CC[C@@H]12. The molecule has 0 saturated heterocycles. The smallest absolute Gasteiger partial charge is 0.356 e. The van der Waals surface area contributed by atoms with E-state index in [1.165, 1.54) is 17.5 Å². The lowest BCUT2D eigenvalue weighted by atomic mass is 9.55. The number of aryl methyl sites for hydroxylation is 1. The molecule has 0 bridgehead atoms. The molecule has 0 unspecified atom stereocenters. The van der Waals surface area contributed by atoms with Crippen LogP contribution in [0.1, 0.15) is 56.1 Å². The number of benzene rings is 1. The van der Waals surface area contributed by atoms with Crippen molar-refractivity contribution in [2.45, 2.75) is 51.4 Å². The van der Waals surface area contributed by atoms with E-state index in [9.17, 15) is 4.57 Å². The van der Waals surface area contributed by atoms with E-state index < -0.39 is 7.60 Å². The minimum atomic E-state index is -4.14. The fourth-order valence-electron chi connectivity index (χ4n) is 5.90. The molecule has 0 spiro atoms. The standard InChI is InChI=1S/C21H27O4P/c1-21-11-9-18-17-7-5-16(25-2)13-14(17)3-6-19(18)20(21)8-4-15(21)10-12-26(22,23)24/h5,7,12-13,18-20H,3-4,6,8-9,11H2,1-2H3,(H2,22,23,24)/t10?,18-,19-,20+,21-/m1/s1. The molecule has 4 rings (SSSR count). The molecule has 4 atom stereocenters. The third-order valence-corrected chi connectivity index (χ3v) is 7.59. The Morgan fingerprint density at radius 1 is 1.27 bits per heavy atom. The maximum absolute atomic E-state index is 11.2. The monoisotopic (exact) mass is 374 g/mol. The molecule has 0 radical (unpaired) electrons. The summed E-state index contributed by atoms with van der Waals surface area (Å²) in [5.41, 5.74) is 7.08. The Morgan fingerprint density at radius 3 is 2.81 bits per heavy atom. The zero-order chi connectivity index (χ0) is 18.5. The fraction of sp³-hybridized carbons (Fsp3) is 0.571. The van der Waals surface area contributed by atoms with Crippen molar-refractivity contribution in [1.29, 1.82) is 0 Å². The van der Waals surface area contributed by atoms with E-state index in [-0.39, 0.29) is 5.41 Å². The zero-order valence-corrected chi connectivity index (χ0v) is 16.3. The molecule has 0 aliphatic heterocycles. The second kappa shape index (κ2) is 6.39. The number of rotatable bonds is 2. The minimum absolute atomic E-state index is 0.0385. The van der Waals surface area contributed by atoms with Crippen molar-refractivity contribution in [3.05, 3.63) is 46.4 Å². The van der Waals surface area contributed by atoms with E-state index in [0.29, 0.717) is 17.8 Å². The molecule has 0 aromatic heterocycles. The lowest BCUT2D eigenvalue weighted by molar-refractivity contribution is 0.0815. The molecule has 2 N–H and O–H groups in total. The summed E-state index contributed by atoms with van der Waals surface area (Å²) in [7, 11) is -2.43. The van der Waals surface area contributed by atoms with Crippen LogP contribution in [0.3, 0.4) is 0 Å². The van der Waals surface area contributed by atoms with Gasteiger partial charge in [0.15, 0.2) is 0 Å². The lowest BCUT2D eigenvalue weighted by Crippen LogP contribution is -2.40. The lowest BCUT2D eigenvalue weighted by Gasteiger charge is -2.49. The number of hydrogen-bond acceptors (Lipinski definition) is 2. The highest BCUT2D eigenvalue weighted by Gasteiger charge is 2.52. The predicted octanol–water partition coefficient (Wildman–Crippen LogP) is 4.77. The van der Waals surface area contributed by atoms with Gasteiger partial charge in [0.25, 0.3) is 0 Å². The van der Waals surface area contributed by atoms with Crippen LogP contribution in [0, 0.1) is 17.3 Å². The number of fused-ring (bicyclic) bond motifs is 5. The molecule has 3 aliphatic rings. The van der Waals surface area contributed by atoms with E-state index in [4.69, 9.17) is 14.5 Å². The van der Waals surface area contributed by atoms with Crippen molar-refractivity contribution in [3.8, 4) is 5.75 Å². The van der Waals surface area contributed by atoms with Crippen molar-refractivity contribution in [2.75, 3.05) is 7.11 Å². The van der Waals surface area contributed by atoms with Crippen molar-refractivity contribution in [2.24, 2.45) is 17.3 Å². The van der Waals surface area contributed by atoms with Crippen LogP contribution in [-0.4, -0.2) is 16.9 Å². The molecule has 0 heterocycles. The van der Waals surface area contributed by atoms with E-state index in [0.717, 1.165) is 49.2 Å². The summed E-state index contributed by atoms with van der Waals surface area (Å²) in [4.78, 5) is 18.3. The highest BCUT2D eigenvalue weighted by Crippen LogP contribution is 2.62. The summed E-state index contributed by atoms with van der Waals surface area (Å²) < 4.78 is 16.6. The third-order valence-electron chi connectivity index (χ3n) is 7.13. The van der Waals surface area contributed by atoms with Gasteiger partial charge >= 0.3 is 7.60 Å². The van der Waals surface area contributed by atoms with Gasteiger partial charge < -0.3 is 14.5 Å². The van der Waals surface area contributed by atoms with Crippen LogP contribution >= 0.6 is 7.60 Å². The number of allylic oxidation sites excluding steroid dienone is 1. The minimum Gasteiger partial charge on any atom is -0.497 e. The maximum Gasteiger partial charge on any atom is 0.356 e. The van der Waals surface area contributed by atoms with Crippen molar-refractivity contribution < 1.29 is 19.1 Å². The molecule has 4 nitrogen and oxygen atoms in total. The summed E-state index contributed by atoms with van der Waals surface area (Å²) >= 11 is 0. The molecule has 140 valence electrons. The Hall–Kier alpha value is -1.31. The summed E-state index contributed by atoms with van der Waals surface area (Å²) in [6, 6.07) is 6.53. The van der Waals surface area contributed by atoms with E-state index in [1.54, 1.807) is 7.11 Å². The van der Waals surface area contributed by atoms with Gasteiger partial charge in [-0.2, -0.15) is 0 Å². The average Bonchev–Trinajstić information content (AvgIpc) is 2.95. The molecule has 1 aromatic carbocycles. The molecular weight excluding hydrogens is 347 g/mol. The normalized spacial score (nSPS) is 32.9. The van der Waals surface area contributed by atoms with Gasteiger partial charge in [-0.1, -0.05) is 13.0 Å². The summed E-state index contributed by atoms with van der Waals surface area (Å²) in [5.74, 6) is 3.77. The van der Waals surface area contributed by atoms with Crippen LogP contribution < -0.4 is 4.74 Å². The first-order chi connectivity index (χ1) is 12.3. The second-order valence-corrected chi connectivity index (χ2v) is 9.75. The Kier molecular flexibility index (Phi) is 4.44. The maximum atomic E-state index is 11.2. The first-order valence-corrected chi connectivity index (χ1v) is 11.2. The highest BCUT2D eigenvalue weighted by molar-refractivity contribution is 7.55. The van der Waals surface area contributed by atoms with Gasteiger partial charge in [0.05, 0.1) is 12.9 Å². The highest BCUT2D eigenvalue weighted by atomic mass is 31.2. The van der Waals surface area contributed by atoms with Crippen molar-refractivity contribution in [3.63, 3.8) is 0 Å². The van der Waals surface area contributed by atoms with Gasteiger partial charge in [0.1, 0.15) is 5.75 Å². The number of methoxy groups -OCH3 is 1. The summed E-state index contributed by atoms with van der Waals surface area (Å²) in [6.45, 7) is 2.29. The van der Waals surface area contributed by atoms with Crippen molar-refractivity contribution in [1.82, 2.24) is 0 Å². The first-order valence-electron chi connectivity index (χ1n) is 9.51. The van der Waals surface area contributed by atoms with Crippen LogP contribution in [0.4, 0.5) is 0 Å². The van der Waals surface area contributed by atoms with E-state index >= 15 is 0 Å². The zero-order valence-electron chi connectivity index (χ0n) is 15.4. The molecule has 5 heteroatoms. The average molecular weight is 374 g/mol. The second-order valence-electron chi connectivity index (χ2n) is 8.32. The van der Waals surface area contributed by atoms with Gasteiger partial charge in [0, 0.05) is 0 Å². The van der Waals surface area contributed by atoms with Crippen LogP contribution in [-0.2, 0) is 11.0 Å². The quantitative estimate of drug-likeness (QED) is 0.578. The van der Waals surface area contributed by atoms with Gasteiger partial charge in [-0.25, -0.2) is 0 Å². The van der Waals surface area contributed by atoms with Crippen LogP contribution in [0.5, 0.6) is 5.75 Å². The van der Waals surface area contributed by atoms with E-state index in [1.807, 2.05) is 0 Å². The van der Waals surface area contributed by atoms with Crippen LogP contribution in [0.15, 0.2) is 35.3 Å². The van der Waals surface area contributed by atoms with Gasteiger partial charge in [-0.3, -0.25) is 4.57 Å². The molecule has 3 aliphatic carbocycles. The topological polar surface area (TPSA) is 66.8 Å². The van der Waals surface area contributed by atoms with E-state index in [2.05, 4.69) is 30.9 Å². The van der Waals surface area contributed by atoms with Gasteiger partial charge in [-0.15, -0.1) is 5.73 Å². The van der Waals surface area contributed by atoms with Crippen LogP contribution in [0.2, 0.25) is 0 Å². The Labute approximate surface area is 155 Å². The predicted molar refractivity (Wildman–Crippen MR) is 101 cm³/mol. The number of ether oxygens (including phenoxy) is 1. The van der Waals surface area contributed by atoms with Crippen LogP contribution in [0.25, 0.3) is 0 Å². The molecule has 2 saturated carbocycles. The Balaban J connectivity index is 1.66. The summed E-state index contributed by atoms with van der Waals surface area (Å²) in [5, 5.41) is 0. The molecule has 26 heavy (non-hydrogen) atoms. The summed E-state index contributed by atoms with van der Waals surface area (Å²) in [6.07, 6.45) is 6.52. The van der Waals surface area contributed by atoms with Gasteiger partial charge in [0.2, 0.25) is 0 Å². The third kappa shape index (κ3) is 3.00. The molecular formula is C21H27O4P.